The number of hydrogen-bond acceptors (Lipinski definition) is 3. The molecular formula is C28H31F3N4O. The number of H-pyrrole nitrogens is 1. The molecule has 5 nitrogen and oxygen atoms in total. The van der Waals surface area contributed by atoms with Gasteiger partial charge >= 0.3 is 6.18 Å². The van der Waals surface area contributed by atoms with E-state index in [4.69, 9.17) is 0 Å². The first-order chi connectivity index (χ1) is 17.3. The van der Waals surface area contributed by atoms with Crippen molar-refractivity contribution in [2.45, 2.75) is 69.6 Å². The third-order valence-corrected chi connectivity index (χ3v) is 8.00. The number of nitrogens with one attached hydrogen (secondary N) is 2. The van der Waals surface area contributed by atoms with E-state index in [2.05, 4.69) is 32.3 Å². The number of imidazole rings is 1. The van der Waals surface area contributed by atoms with Crippen LogP contribution in [-0.4, -0.2) is 39.9 Å². The predicted octanol–water partition coefficient (Wildman–Crippen LogP) is 5.81. The lowest BCUT2D eigenvalue weighted by Crippen LogP contribution is -2.38. The summed E-state index contributed by atoms with van der Waals surface area (Å²) in [5, 5.41) is 3.21. The zero-order valence-corrected chi connectivity index (χ0v) is 20.2. The number of carbonyl (C=O) groups excluding carboxylic acids is 1. The Balaban J connectivity index is 1.10. The molecule has 1 amide bonds. The first-order valence-corrected chi connectivity index (χ1v) is 13.0. The molecule has 190 valence electrons. The summed E-state index contributed by atoms with van der Waals surface area (Å²) in [5.41, 5.74) is 3.55. The lowest BCUT2D eigenvalue weighted by atomic mass is 9.85. The van der Waals surface area contributed by atoms with E-state index in [1.165, 1.54) is 36.6 Å². The molecule has 2 unspecified atom stereocenters. The van der Waals surface area contributed by atoms with Gasteiger partial charge in [-0.1, -0.05) is 12.5 Å². The number of fused-ring (bicyclic) bond motifs is 2. The van der Waals surface area contributed by atoms with Gasteiger partial charge < -0.3 is 10.3 Å². The van der Waals surface area contributed by atoms with Gasteiger partial charge in [-0.05, 0) is 85.9 Å². The van der Waals surface area contributed by atoms with Gasteiger partial charge in [-0.15, -0.1) is 0 Å². The monoisotopic (exact) mass is 496 g/mol. The SMILES string of the molecule is O=C(NC1CCCC(c2nc3cc(C(F)(F)F)ccc3[nH]2)C1)c1ccc2c(c1)CCN(CC1CC1)C2. The van der Waals surface area contributed by atoms with Crippen molar-refractivity contribution in [3.05, 3.63) is 64.5 Å². The van der Waals surface area contributed by atoms with Crippen LogP contribution in [-0.2, 0) is 19.1 Å². The standard InChI is InChI=1S/C28H31F3N4O/c29-28(30,31)22-8-9-24-25(14-22)34-26(33-24)19-2-1-3-23(13-19)32-27(36)20-6-7-21-16-35(15-17-4-5-17)11-10-18(21)12-20/h6-9,12,14,17,19,23H,1-5,10-11,13,15-16H2,(H,32,36)(H,33,34). The highest BCUT2D eigenvalue weighted by Crippen LogP contribution is 2.35. The van der Waals surface area contributed by atoms with Crippen LogP contribution in [0.1, 0.15) is 77.3 Å². The molecule has 2 saturated carbocycles. The Morgan fingerprint density at radius 3 is 2.75 bits per heavy atom. The molecule has 8 heteroatoms. The van der Waals surface area contributed by atoms with Crippen LogP contribution < -0.4 is 5.32 Å². The van der Waals surface area contributed by atoms with Crippen LogP contribution in [0.3, 0.4) is 0 Å². The molecule has 36 heavy (non-hydrogen) atoms. The number of benzene rings is 2. The molecule has 2 aliphatic carbocycles. The van der Waals surface area contributed by atoms with E-state index in [9.17, 15) is 18.0 Å². The maximum atomic E-state index is 13.1. The molecule has 3 aromatic rings. The van der Waals surface area contributed by atoms with Gasteiger partial charge in [-0.2, -0.15) is 13.2 Å². The summed E-state index contributed by atoms with van der Waals surface area (Å²) in [7, 11) is 0. The molecule has 2 N–H and O–H groups in total. The van der Waals surface area contributed by atoms with E-state index < -0.39 is 11.7 Å². The molecule has 2 heterocycles. The van der Waals surface area contributed by atoms with Crippen molar-refractivity contribution in [1.82, 2.24) is 20.2 Å². The van der Waals surface area contributed by atoms with Gasteiger partial charge in [0.15, 0.2) is 0 Å². The van der Waals surface area contributed by atoms with Crippen molar-refractivity contribution in [3.63, 3.8) is 0 Å². The third-order valence-electron chi connectivity index (χ3n) is 8.00. The molecule has 6 rings (SSSR count). The molecular weight excluding hydrogens is 465 g/mol. The summed E-state index contributed by atoms with van der Waals surface area (Å²) in [6.07, 6.45) is 2.76. The number of carbonyl (C=O) groups is 1. The summed E-state index contributed by atoms with van der Waals surface area (Å²) < 4.78 is 39.2. The van der Waals surface area contributed by atoms with Gasteiger partial charge in [-0.25, -0.2) is 4.98 Å². The van der Waals surface area contributed by atoms with Crippen LogP contribution in [0.4, 0.5) is 13.2 Å². The molecule has 2 aromatic carbocycles. The van der Waals surface area contributed by atoms with E-state index in [1.54, 1.807) is 0 Å². The van der Waals surface area contributed by atoms with Crippen LogP contribution in [0.5, 0.6) is 0 Å². The number of aromatic amines is 1. The largest absolute Gasteiger partial charge is 0.416 e. The average molecular weight is 497 g/mol. The highest BCUT2D eigenvalue weighted by Gasteiger charge is 2.32. The quantitative estimate of drug-likeness (QED) is 0.469. The minimum Gasteiger partial charge on any atom is -0.349 e. The van der Waals surface area contributed by atoms with E-state index >= 15 is 0 Å². The van der Waals surface area contributed by atoms with Crippen molar-refractivity contribution < 1.29 is 18.0 Å². The lowest BCUT2D eigenvalue weighted by molar-refractivity contribution is -0.137. The fraction of sp³-hybridized carbons (Fsp3) is 0.500. The van der Waals surface area contributed by atoms with Crippen molar-refractivity contribution in [3.8, 4) is 0 Å². The summed E-state index contributed by atoms with van der Waals surface area (Å²) >= 11 is 0. The molecule has 0 spiro atoms. The first kappa shape index (κ1) is 23.5. The summed E-state index contributed by atoms with van der Waals surface area (Å²) in [5.74, 6) is 1.61. The summed E-state index contributed by atoms with van der Waals surface area (Å²) in [6, 6.07) is 9.73. The van der Waals surface area contributed by atoms with E-state index in [1.807, 2.05) is 6.07 Å². The number of rotatable bonds is 5. The average Bonchev–Trinajstić information content (AvgIpc) is 3.57. The molecule has 2 fully saturated rings. The Bertz CT molecular complexity index is 1280. The highest BCUT2D eigenvalue weighted by atomic mass is 19.4. The fourth-order valence-corrected chi connectivity index (χ4v) is 5.81. The van der Waals surface area contributed by atoms with Crippen LogP contribution >= 0.6 is 0 Å². The summed E-state index contributed by atoms with van der Waals surface area (Å²) in [6.45, 7) is 3.22. The Labute approximate surface area is 208 Å². The van der Waals surface area contributed by atoms with Gasteiger partial charge in [0.2, 0.25) is 0 Å². The van der Waals surface area contributed by atoms with Crippen LogP contribution in [0.25, 0.3) is 11.0 Å². The Morgan fingerprint density at radius 1 is 1.08 bits per heavy atom. The van der Waals surface area contributed by atoms with Gasteiger partial charge in [0, 0.05) is 37.2 Å². The van der Waals surface area contributed by atoms with E-state index in [0.717, 1.165) is 63.2 Å². The second kappa shape index (κ2) is 9.21. The predicted molar refractivity (Wildman–Crippen MR) is 132 cm³/mol. The Morgan fingerprint density at radius 2 is 1.94 bits per heavy atom. The normalized spacial score (nSPS) is 23.0. The zero-order chi connectivity index (χ0) is 24.9. The topological polar surface area (TPSA) is 61.0 Å². The van der Waals surface area contributed by atoms with Crippen LogP contribution in [0, 0.1) is 5.92 Å². The third kappa shape index (κ3) is 5.01. The highest BCUT2D eigenvalue weighted by molar-refractivity contribution is 5.94. The second-order valence-electron chi connectivity index (χ2n) is 10.8. The fourth-order valence-electron chi connectivity index (χ4n) is 5.81. The number of halogens is 3. The molecule has 1 aromatic heterocycles. The summed E-state index contributed by atoms with van der Waals surface area (Å²) in [4.78, 5) is 23.3. The van der Waals surface area contributed by atoms with Gasteiger partial charge in [0.1, 0.15) is 5.82 Å². The van der Waals surface area contributed by atoms with Crippen LogP contribution in [0.15, 0.2) is 36.4 Å². The lowest BCUT2D eigenvalue weighted by Gasteiger charge is -2.30. The van der Waals surface area contributed by atoms with Crippen molar-refractivity contribution in [1.29, 1.82) is 0 Å². The number of hydrogen-bond donors (Lipinski definition) is 2. The number of amides is 1. The molecule has 0 bridgehead atoms. The number of aromatic nitrogens is 2. The number of nitrogens with zero attached hydrogens (tertiary/aromatic N) is 2. The number of alkyl halides is 3. The molecule has 0 saturated heterocycles. The van der Waals surface area contributed by atoms with Gasteiger partial charge in [-0.3, -0.25) is 9.69 Å². The zero-order valence-electron chi connectivity index (χ0n) is 20.2. The van der Waals surface area contributed by atoms with Gasteiger partial charge in [0.05, 0.1) is 16.6 Å². The van der Waals surface area contributed by atoms with Crippen molar-refractivity contribution in [2.24, 2.45) is 5.92 Å². The minimum absolute atomic E-state index is 0.0141. The first-order valence-electron chi connectivity index (χ1n) is 13.0. The smallest absolute Gasteiger partial charge is 0.349 e. The van der Waals surface area contributed by atoms with Crippen molar-refractivity contribution >= 4 is 16.9 Å². The molecule has 0 radical (unpaired) electrons. The van der Waals surface area contributed by atoms with Crippen molar-refractivity contribution in [2.75, 3.05) is 13.1 Å². The Hall–Kier alpha value is -2.87. The minimum atomic E-state index is -4.39. The van der Waals surface area contributed by atoms with Crippen LogP contribution in [0.2, 0.25) is 0 Å². The van der Waals surface area contributed by atoms with E-state index in [-0.39, 0.29) is 17.9 Å². The molecule has 3 aliphatic rings. The Kier molecular flexibility index (Phi) is 6.02. The van der Waals surface area contributed by atoms with E-state index in [0.29, 0.717) is 22.4 Å². The molecule has 2 atom stereocenters. The van der Waals surface area contributed by atoms with Gasteiger partial charge in [0.25, 0.3) is 5.91 Å². The second-order valence-corrected chi connectivity index (χ2v) is 10.8. The maximum Gasteiger partial charge on any atom is 0.416 e. The maximum absolute atomic E-state index is 13.1. The molecule has 1 aliphatic heterocycles.